The molecule has 21 heavy (non-hydrogen) atoms. The molecule has 0 aromatic carbocycles. The Morgan fingerprint density at radius 2 is 2.14 bits per heavy atom. The molecule has 0 bridgehead atoms. The largest absolute Gasteiger partial charge is 0.482 e. The van der Waals surface area contributed by atoms with Crippen molar-refractivity contribution in [2.24, 2.45) is 0 Å². The summed E-state index contributed by atoms with van der Waals surface area (Å²) in [5, 5.41) is 6.60. The van der Waals surface area contributed by atoms with E-state index in [0.29, 0.717) is 0 Å². The first-order chi connectivity index (χ1) is 10.2. The van der Waals surface area contributed by atoms with Crippen molar-refractivity contribution in [2.45, 2.75) is 12.8 Å². The molecule has 0 aliphatic carbocycles. The molecule has 3 rings (SSSR count). The van der Waals surface area contributed by atoms with Gasteiger partial charge in [-0.3, -0.25) is 9.47 Å². The average molecular weight is 292 g/mol. The van der Waals surface area contributed by atoms with Crippen molar-refractivity contribution in [1.29, 1.82) is 0 Å². The molecule has 116 valence electrons. The van der Waals surface area contributed by atoms with E-state index in [2.05, 4.69) is 43.2 Å². The van der Waals surface area contributed by atoms with Crippen molar-refractivity contribution in [1.82, 2.24) is 30.0 Å². The zero-order valence-electron chi connectivity index (χ0n) is 13.0. The third-order valence-electron chi connectivity index (χ3n) is 4.07. The minimum absolute atomic E-state index is 0.0757. The van der Waals surface area contributed by atoms with Gasteiger partial charge < -0.3 is 20.3 Å². The van der Waals surface area contributed by atoms with E-state index in [4.69, 9.17) is 4.74 Å². The monoisotopic (exact) mass is 292 g/mol. The number of likely N-dealkylation sites (N-methyl/N-ethyl adjacent to an activating group) is 1. The summed E-state index contributed by atoms with van der Waals surface area (Å²) in [6, 6.07) is 0. The Morgan fingerprint density at radius 1 is 1.38 bits per heavy atom. The van der Waals surface area contributed by atoms with Gasteiger partial charge in [0.2, 0.25) is 0 Å². The Bertz CT molecular complexity index is 518. The Labute approximate surface area is 125 Å². The summed E-state index contributed by atoms with van der Waals surface area (Å²) in [7, 11) is 5.79. The number of nitrogens with one attached hydrogen (secondary N) is 2. The number of hydrogen-bond acceptors (Lipinski definition) is 6. The van der Waals surface area contributed by atoms with Crippen LogP contribution in [0.2, 0.25) is 0 Å². The lowest BCUT2D eigenvalue weighted by Crippen LogP contribution is -2.52. The number of nitrogens with zero attached hydrogens (tertiary/aromatic N) is 4. The van der Waals surface area contributed by atoms with Crippen LogP contribution in [0.25, 0.3) is 6.08 Å². The molecule has 1 saturated heterocycles. The number of piperazine rings is 1. The average Bonchev–Trinajstić information content (AvgIpc) is 2.90. The highest BCUT2D eigenvalue weighted by Crippen LogP contribution is 2.23. The third-order valence-corrected chi connectivity index (χ3v) is 4.07. The van der Waals surface area contributed by atoms with E-state index in [9.17, 15) is 0 Å². The van der Waals surface area contributed by atoms with Crippen molar-refractivity contribution in [3.63, 3.8) is 0 Å². The first-order valence-corrected chi connectivity index (χ1v) is 7.38. The van der Waals surface area contributed by atoms with Crippen LogP contribution in [0.3, 0.4) is 0 Å². The number of ether oxygens (including phenoxy) is 1. The summed E-state index contributed by atoms with van der Waals surface area (Å²) in [5.74, 6) is 1.72. The number of rotatable bonds is 4. The molecule has 2 aliphatic heterocycles. The molecule has 3 heterocycles. The van der Waals surface area contributed by atoms with Gasteiger partial charge in [-0.2, -0.15) is 0 Å². The smallest absolute Gasteiger partial charge is 0.192 e. The van der Waals surface area contributed by atoms with Gasteiger partial charge in [0.25, 0.3) is 0 Å². The van der Waals surface area contributed by atoms with E-state index in [0.717, 1.165) is 50.1 Å². The molecule has 0 saturated carbocycles. The van der Waals surface area contributed by atoms with Crippen molar-refractivity contribution >= 4 is 6.08 Å². The molecule has 1 unspecified atom stereocenters. The van der Waals surface area contributed by atoms with Gasteiger partial charge in [-0.1, -0.05) is 0 Å². The Kier molecular flexibility index (Phi) is 4.14. The van der Waals surface area contributed by atoms with Gasteiger partial charge in [0.15, 0.2) is 12.2 Å². The van der Waals surface area contributed by atoms with Crippen LogP contribution in [-0.4, -0.2) is 66.7 Å². The normalized spacial score (nSPS) is 23.4. The second kappa shape index (κ2) is 6.05. The quantitative estimate of drug-likeness (QED) is 0.805. The molecular weight excluding hydrogens is 268 g/mol. The van der Waals surface area contributed by atoms with E-state index in [1.54, 1.807) is 7.11 Å². The topological polar surface area (TPSA) is 57.6 Å². The Morgan fingerprint density at radius 3 is 2.81 bits per heavy atom. The lowest BCUT2D eigenvalue weighted by Gasteiger charge is -2.40. The third kappa shape index (κ3) is 2.90. The van der Waals surface area contributed by atoms with Crippen LogP contribution >= 0.6 is 0 Å². The number of methoxy groups -OCH3 is 1. The fourth-order valence-electron chi connectivity index (χ4n) is 2.84. The van der Waals surface area contributed by atoms with E-state index < -0.39 is 0 Å². The molecule has 1 aromatic rings. The second-order valence-electron chi connectivity index (χ2n) is 5.60. The number of hydrogen-bond donors (Lipinski definition) is 2. The van der Waals surface area contributed by atoms with Gasteiger partial charge in [-0.25, -0.2) is 4.98 Å². The minimum Gasteiger partial charge on any atom is -0.482 e. The van der Waals surface area contributed by atoms with Crippen LogP contribution < -0.4 is 10.6 Å². The summed E-state index contributed by atoms with van der Waals surface area (Å²) in [6.07, 6.45) is 4.14. The van der Waals surface area contributed by atoms with E-state index in [1.165, 1.54) is 0 Å². The zero-order valence-corrected chi connectivity index (χ0v) is 13.0. The van der Waals surface area contributed by atoms with Crippen LogP contribution in [0.15, 0.2) is 12.1 Å². The van der Waals surface area contributed by atoms with Gasteiger partial charge in [0.05, 0.1) is 12.8 Å². The summed E-state index contributed by atoms with van der Waals surface area (Å²) >= 11 is 0. The number of aromatic nitrogens is 2. The second-order valence-corrected chi connectivity index (χ2v) is 5.60. The summed E-state index contributed by atoms with van der Waals surface area (Å²) < 4.78 is 7.60. The number of fused-ring (bicyclic) bond motifs is 1. The van der Waals surface area contributed by atoms with E-state index in [-0.39, 0.29) is 6.29 Å². The van der Waals surface area contributed by atoms with Gasteiger partial charge >= 0.3 is 0 Å². The minimum atomic E-state index is 0.0757. The Balaban J connectivity index is 1.86. The maximum Gasteiger partial charge on any atom is 0.192 e. The van der Waals surface area contributed by atoms with Crippen LogP contribution in [0.4, 0.5) is 0 Å². The van der Waals surface area contributed by atoms with Gasteiger partial charge in [-0.15, -0.1) is 0 Å². The van der Waals surface area contributed by atoms with Crippen molar-refractivity contribution in [3.8, 4) is 0 Å². The first kappa shape index (κ1) is 14.4. The predicted octanol–water partition coefficient (Wildman–Crippen LogP) is -0.146. The summed E-state index contributed by atoms with van der Waals surface area (Å²) in [4.78, 5) is 9.45. The summed E-state index contributed by atoms with van der Waals surface area (Å²) in [6.45, 7) is 5.00. The SMILES string of the molecule is CNCc1cn2c(n1)C=C(OC)NC2N1CCN(C)CC1. The van der Waals surface area contributed by atoms with Gasteiger partial charge in [-0.05, 0) is 14.1 Å². The predicted molar refractivity (Wildman–Crippen MR) is 81.2 cm³/mol. The molecule has 0 amide bonds. The maximum atomic E-state index is 5.40. The lowest BCUT2D eigenvalue weighted by molar-refractivity contribution is 0.0460. The zero-order chi connectivity index (χ0) is 14.8. The van der Waals surface area contributed by atoms with Crippen molar-refractivity contribution < 1.29 is 4.74 Å². The molecule has 0 radical (unpaired) electrons. The molecule has 1 atom stereocenters. The van der Waals surface area contributed by atoms with Crippen LogP contribution in [0.5, 0.6) is 0 Å². The van der Waals surface area contributed by atoms with E-state index >= 15 is 0 Å². The first-order valence-electron chi connectivity index (χ1n) is 7.38. The standard InChI is InChI=1S/C14H24N6O/c1-15-9-11-10-20-12(16-11)8-13(21-3)17-14(20)19-6-4-18(2)5-7-19/h8,10,14-15,17H,4-7,9H2,1-3H3. The fraction of sp³-hybridized carbons (Fsp3) is 0.643. The van der Waals surface area contributed by atoms with E-state index in [1.807, 2.05) is 13.1 Å². The van der Waals surface area contributed by atoms with Gasteiger partial charge in [0.1, 0.15) is 5.82 Å². The highest BCUT2D eigenvalue weighted by Gasteiger charge is 2.29. The maximum absolute atomic E-state index is 5.40. The summed E-state index contributed by atoms with van der Waals surface area (Å²) in [5.41, 5.74) is 1.04. The van der Waals surface area contributed by atoms with Crippen molar-refractivity contribution in [2.75, 3.05) is 47.4 Å². The highest BCUT2D eigenvalue weighted by atomic mass is 16.5. The molecule has 1 fully saturated rings. The molecule has 0 spiro atoms. The Hall–Kier alpha value is -1.57. The molecule has 1 aromatic heterocycles. The molecule has 7 heteroatoms. The number of imidazole rings is 1. The lowest BCUT2D eigenvalue weighted by atomic mass is 10.3. The molecular formula is C14H24N6O. The van der Waals surface area contributed by atoms with Crippen LogP contribution in [0.1, 0.15) is 17.8 Å². The van der Waals surface area contributed by atoms with Gasteiger partial charge in [0, 0.05) is 45.0 Å². The fourth-order valence-corrected chi connectivity index (χ4v) is 2.84. The van der Waals surface area contributed by atoms with Crippen molar-refractivity contribution in [3.05, 3.63) is 23.6 Å². The molecule has 2 N–H and O–H groups in total. The van der Waals surface area contributed by atoms with Crippen LogP contribution in [-0.2, 0) is 11.3 Å². The highest BCUT2D eigenvalue weighted by molar-refractivity contribution is 5.46. The molecule has 2 aliphatic rings. The van der Waals surface area contributed by atoms with Crippen LogP contribution in [0, 0.1) is 0 Å². The molecule has 7 nitrogen and oxygen atoms in total.